The Bertz CT molecular complexity index is 978. The number of benzene rings is 2. The van der Waals surface area contributed by atoms with E-state index < -0.39 is 0 Å². The molecule has 7 heteroatoms. The van der Waals surface area contributed by atoms with Crippen LogP contribution in [0, 0.1) is 18.3 Å². The van der Waals surface area contributed by atoms with Gasteiger partial charge in [-0.1, -0.05) is 54.2 Å². The van der Waals surface area contributed by atoms with Crippen molar-refractivity contribution >= 4 is 23.4 Å². The number of amides is 1. The Morgan fingerprint density at radius 1 is 1.15 bits per heavy atom. The van der Waals surface area contributed by atoms with Crippen molar-refractivity contribution in [1.82, 2.24) is 14.8 Å². The first-order valence-electron chi connectivity index (χ1n) is 8.42. The Morgan fingerprint density at radius 2 is 1.85 bits per heavy atom. The summed E-state index contributed by atoms with van der Waals surface area (Å²) in [4.78, 5) is 14.1. The molecule has 1 aromatic heterocycles. The standard InChI is InChI=1S/C20H19N5OS/c1-15-8-6-7-11-17(15)19-22-23-20(24(19)2)27-14-18(26)25(13-12-21)16-9-4-3-5-10-16/h3-11H,13-14H2,1-2H3. The lowest BCUT2D eigenvalue weighted by atomic mass is 10.1. The molecule has 1 heterocycles. The van der Waals surface area contributed by atoms with E-state index in [9.17, 15) is 4.79 Å². The molecule has 0 aliphatic rings. The molecule has 0 unspecified atom stereocenters. The first kappa shape index (κ1) is 18.7. The highest BCUT2D eigenvalue weighted by Gasteiger charge is 2.18. The number of aryl methyl sites for hydroxylation is 1. The Labute approximate surface area is 162 Å². The van der Waals surface area contributed by atoms with Gasteiger partial charge in [0.05, 0.1) is 11.8 Å². The second-order valence-electron chi connectivity index (χ2n) is 5.94. The van der Waals surface area contributed by atoms with Crippen molar-refractivity contribution in [2.75, 3.05) is 17.2 Å². The molecule has 0 spiro atoms. The summed E-state index contributed by atoms with van der Waals surface area (Å²) < 4.78 is 1.89. The lowest BCUT2D eigenvalue weighted by Gasteiger charge is -2.19. The van der Waals surface area contributed by atoms with Gasteiger partial charge in [0.2, 0.25) is 5.91 Å². The maximum atomic E-state index is 12.6. The van der Waals surface area contributed by atoms with Crippen molar-refractivity contribution in [3.63, 3.8) is 0 Å². The minimum Gasteiger partial charge on any atom is -0.305 e. The van der Waals surface area contributed by atoms with Gasteiger partial charge in [-0.2, -0.15) is 5.26 Å². The molecule has 2 aromatic carbocycles. The monoisotopic (exact) mass is 377 g/mol. The third-order valence-corrected chi connectivity index (χ3v) is 5.15. The van der Waals surface area contributed by atoms with Gasteiger partial charge in [-0.25, -0.2) is 0 Å². The summed E-state index contributed by atoms with van der Waals surface area (Å²) >= 11 is 1.31. The molecule has 0 radical (unpaired) electrons. The Balaban J connectivity index is 1.74. The molecule has 6 nitrogen and oxygen atoms in total. The van der Waals surface area contributed by atoms with Crippen LogP contribution in [0.4, 0.5) is 5.69 Å². The number of para-hydroxylation sites is 1. The Morgan fingerprint density at radius 3 is 2.56 bits per heavy atom. The fourth-order valence-electron chi connectivity index (χ4n) is 2.71. The number of thioether (sulfide) groups is 1. The molecule has 0 bridgehead atoms. The van der Waals surface area contributed by atoms with Gasteiger partial charge in [0, 0.05) is 18.3 Å². The summed E-state index contributed by atoms with van der Waals surface area (Å²) in [5.41, 5.74) is 2.84. The highest BCUT2D eigenvalue weighted by Crippen LogP contribution is 2.25. The van der Waals surface area contributed by atoms with Gasteiger partial charge in [0.25, 0.3) is 0 Å². The van der Waals surface area contributed by atoms with Crippen molar-refractivity contribution in [2.24, 2.45) is 7.05 Å². The van der Waals surface area contributed by atoms with Crippen LogP contribution in [0.1, 0.15) is 5.56 Å². The highest BCUT2D eigenvalue weighted by molar-refractivity contribution is 7.99. The van der Waals surface area contributed by atoms with E-state index in [0.717, 1.165) is 17.0 Å². The predicted octanol–water partition coefficient (Wildman–Crippen LogP) is 3.44. The molecule has 136 valence electrons. The zero-order valence-electron chi connectivity index (χ0n) is 15.2. The molecule has 27 heavy (non-hydrogen) atoms. The normalized spacial score (nSPS) is 10.4. The first-order chi connectivity index (χ1) is 13.1. The van der Waals surface area contributed by atoms with Gasteiger partial charge < -0.3 is 4.57 Å². The number of hydrogen-bond acceptors (Lipinski definition) is 5. The van der Waals surface area contributed by atoms with E-state index in [0.29, 0.717) is 10.8 Å². The summed E-state index contributed by atoms with van der Waals surface area (Å²) in [6.45, 7) is 2.04. The van der Waals surface area contributed by atoms with Gasteiger partial charge >= 0.3 is 0 Å². The molecule has 0 saturated heterocycles. The number of nitrogens with zero attached hydrogens (tertiary/aromatic N) is 5. The quantitative estimate of drug-likeness (QED) is 0.486. The van der Waals surface area contributed by atoms with E-state index in [-0.39, 0.29) is 18.2 Å². The van der Waals surface area contributed by atoms with Crippen LogP contribution >= 0.6 is 11.8 Å². The molecule has 0 aliphatic carbocycles. The third kappa shape index (κ3) is 4.18. The average molecular weight is 377 g/mol. The van der Waals surface area contributed by atoms with Crippen molar-refractivity contribution in [3.8, 4) is 17.5 Å². The molecular weight excluding hydrogens is 358 g/mol. The van der Waals surface area contributed by atoms with Gasteiger partial charge in [0.15, 0.2) is 11.0 Å². The summed E-state index contributed by atoms with van der Waals surface area (Å²) in [6.07, 6.45) is 0. The summed E-state index contributed by atoms with van der Waals surface area (Å²) in [6, 6.07) is 19.2. The van der Waals surface area contributed by atoms with Crippen molar-refractivity contribution in [1.29, 1.82) is 5.26 Å². The van der Waals surface area contributed by atoms with Crippen molar-refractivity contribution in [2.45, 2.75) is 12.1 Å². The minimum absolute atomic E-state index is 0.0106. The first-order valence-corrected chi connectivity index (χ1v) is 9.41. The number of rotatable bonds is 6. The number of nitriles is 1. The zero-order valence-corrected chi connectivity index (χ0v) is 16.0. The smallest absolute Gasteiger partial charge is 0.238 e. The number of carbonyl (C=O) groups excluding carboxylic acids is 1. The number of anilines is 1. The van der Waals surface area contributed by atoms with Gasteiger partial charge in [-0.3, -0.25) is 9.69 Å². The van der Waals surface area contributed by atoms with Crippen LogP contribution < -0.4 is 4.90 Å². The minimum atomic E-state index is -0.145. The lowest BCUT2D eigenvalue weighted by Crippen LogP contribution is -2.32. The zero-order chi connectivity index (χ0) is 19.2. The van der Waals surface area contributed by atoms with Crippen LogP contribution in [-0.2, 0) is 11.8 Å². The molecule has 1 amide bonds. The van der Waals surface area contributed by atoms with Crippen LogP contribution in [0.3, 0.4) is 0 Å². The molecule has 0 fully saturated rings. The predicted molar refractivity (Wildman–Crippen MR) is 106 cm³/mol. The number of hydrogen-bond donors (Lipinski definition) is 0. The highest BCUT2D eigenvalue weighted by atomic mass is 32.2. The molecule has 0 atom stereocenters. The van der Waals surface area contributed by atoms with Crippen LogP contribution in [0.5, 0.6) is 0 Å². The maximum absolute atomic E-state index is 12.6. The average Bonchev–Trinajstić information content (AvgIpc) is 3.05. The van der Waals surface area contributed by atoms with Crippen LogP contribution in [-0.4, -0.2) is 33.0 Å². The molecule has 3 aromatic rings. The second-order valence-corrected chi connectivity index (χ2v) is 6.88. The SMILES string of the molecule is Cc1ccccc1-c1nnc(SCC(=O)N(CC#N)c2ccccc2)n1C. The molecular formula is C20H19N5OS. The largest absolute Gasteiger partial charge is 0.305 e. The molecule has 0 N–H and O–H groups in total. The third-order valence-electron chi connectivity index (χ3n) is 4.14. The van der Waals surface area contributed by atoms with Crippen LogP contribution in [0.25, 0.3) is 11.4 Å². The van der Waals surface area contributed by atoms with Crippen LogP contribution in [0.15, 0.2) is 59.8 Å². The Kier molecular flexibility index (Phi) is 5.89. The topological polar surface area (TPSA) is 74.8 Å². The fraction of sp³-hybridized carbons (Fsp3) is 0.200. The molecule has 0 aliphatic heterocycles. The van der Waals surface area contributed by atoms with Crippen molar-refractivity contribution < 1.29 is 4.79 Å². The summed E-state index contributed by atoms with van der Waals surface area (Å²) in [7, 11) is 1.89. The van der Waals surface area contributed by atoms with Gasteiger partial charge in [0.1, 0.15) is 6.54 Å². The van der Waals surface area contributed by atoms with Gasteiger partial charge in [-0.15, -0.1) is 10.2 Å². The Hall–Kier alpha value is -3.11. The maximum Gasteiger partial charge on any atom is 0.238 e. The van der Waals surface area contributed by atoms with E-state index >= 15 is 0 Å². The van der Waals surface area contributed by atoms with E-state index in [2.05, 4.69) is 16.3 Å². The van der Waals surface area contributed by atoms with Gasteiger partial charge in [-0.05, 0) is 24.6 Å². The molecule has 3 rings (SSSR count). The number of carbonyl (C=O) groups is 1. The van der Waals surface area contributed by atoms with E-state index in [1.54, 1.807) is 0 Å². The van der Waals surface area contributed by atoms with E-state index in [4.69, 9.17) is 5.26 Å². The molecule has 0 saturated carbocycles. The second kappa shape index (κ2) is 8.52. The van der Waals surface area contributed by atoms with E-state index in [1.807, 2.05) is 73.1 Å². The van der Waals surface area contributed by atoms with E-state index in [1.165, 1.54) is 16.7 Å². The van der Waals surface area contributed by atoms with Crippen molar-refractivity contribution in [3.05, 3.63) is 60.2 Å². The summed E-state index contributed by atoms with van der Waals surface area (Å²) in [5, 5.41) is 18.2. The summed E-state index contributed by atoms with van der Waals surface area (Å²) in [5.74, 6) is 0.796. The van der Waals surface area contributed by atoms with Crippen LogP contribution in [0.2, 0.25) is 0 Å². The lowest BCUT2D eigenvalue weighted by molar-refractivity contribution is -0.116. The number of aromatic nitrogens is 3. The fourth-order valence-corrected chi connectivity index (χ4v) is 3.49.